The number of benzene rings is 3. The van der Waals surface area contributed by atoms with Crippen LogP contribution >= 0.6 is 0 Å². The molecule has 1 heterocycles. The van der Waals surface area contributed by atoms with Crippen molar-refractivity contribution < 1.29 is 13.4 Å². The summed E-state index contributed by atoms with van der Waals surface area (Å²) in [7, 11) is -1.20. The van der Waals surface area contributed by atoms with Crippen LogP contribution in [0, 0.1) is 13.8 Å². The van der Waals surface area contributed by atoms with E-state index < -0.39 is 10.8 Å². The van der Waals surface area contributed by atoms with Crippen molar-refractivity contribution >= 4 is 16.7 Å². The van der Waals surface area contributed by atoms with Crippen LogP contribution in [-0.4, -0.2) is 15.1 Å². The molecule has 1 amide bonds. The fourth-order valence-corrected chi connectivity index (χ4v) is 4.57. The van der Waals surface area contributed by atoms with Gasteiger partial charge in [-0.15, -0.1) is 0 Å². The number of hydrogen-bond donors (Lipinski definition) is 1. The smallest absolute Gasteiger partial charge is 0.251 e. The van der Waals surface area contributed by atoms with Gasteiger partial charge in [0, 0.05) is 16.0 Å². The van der Waals surface area contributed by atoms with Gasteiger partial charge >= 0.3 is 0 Å². The third-order valence-corrected chi connectivity index (χ3v) is 6.82. The summed E-state index contributed by atoms with van der Waals surface area (Å²) in [6, 6.07) is 24.5. The number of nitrogens with one attached hydrogen (secondary N) is 1. The average molecular weight is 459 g/mol. The first-order valence-electron chi connectivity index (χ1n) is 10.8. The number of nitrogens with zero attached hydrogens (tertiary/aromatic N) is 1. The Balaban J connectivity index is 1.44. The first kappa shape index (κ1) is 22.7. The standard InChI is InChI=1S/C27H26N2O3S/c1-18-9-15-24(16-10-18)33(31)17-25-20(3)32-27(29-25)23-13-11-22(12-14-23)26(30)28-19(2)21-7-5-4-6-8-21/h4-16,19H,17H2,1-3H3,(H,28,30)/t19-,33-/m1/s1. The largest absolute Gasteiger partial charge is 0.441 e. The molecule has 1 N–H and O–H groups in total. The Labute approximate surface area is 196 Å². The molecule has 0 aliphatic rings. The second-order valence-corrected chi connectivity index (χ2v) is 9.46. The molecule has 0 aliphatic heterocycles. The molecule has 3 aromatic carbocycles. The first-order chi connectivity index (χ1) is 15.9. The van der Waals surface area contributed by atoms with Crippen molar-refractivity contribution in [3.05, 3.63) is 107 Å². The van der Waals surface area contributed by atoms with Gasteiger partial charge in [0.2, 0.25) is 5.89 Å². The third-order valence-electron chi connectivity index (χ3n) is 5.49. The van der Waals surface area contributed by atoms with E-state index >= 15 is 0 Å². The summed E-state index contributed by atoms with van der Waals surface area (Å²) in [5.74, 6) is 1.24. The third kappa shape index (κ3) is 5.46. The van der Waals surface area contributed by atoms with E-state index in [1.807, 2.05) is 87.5 Å². The Kier molecular flexibility index (Phi) is 6.84. The van der Waals surface area contributed by atoms with E-state index in [0.717, 1.165) is 21.6 Å². The highest BCUT2D eigenvalue weighted by molar-refractivity contribution is 7.84. The Morgan fingerprint density at radius 3 is 2.30 bits per heavy atom. The van der Waals surface area contributed by atoms with E-state index in [0.29, 0.717) is 22.9 Å². The first-order valence-corrected chi connectivity index (χ1v) is 12.1. The van der Waals surface area contributed by atoms with Crippen LogP contribution in [0.25, 0.3) is 11.5 Å². The van der Waals surface area contributed by atoms with Crippen LogP contribution in [0.4, 0.5) is 0 Å². The molecule has 0 fully saturated rings. The maximum atomic E-state index is 12.7. The Morgan fingerprint density at radius 1 is 0.970 bits per heavy atom. The summed E-state index contributed by atoms with van der Waals surface area (Å²) in [4.78, 5) is 18.0. The summed E-state index contributed by atoms with van der Waals surface area (Å²) < 4.78 is 18.6. The monoisotopic (exact) mass is 458 g/mol. The molecule has 0 unspecified atom stereocenters. The molecule has 0 saturated heterocycles. The van der Waals surface area contributed by atoms with E-state index in [1.54, 1.807) is 12.1 Å². The lowest BCUT2D eigenvalue weighted by atomic mass is 10.1. The molecule has 2 atom stereocenters. The Hall–Kier alpha value is -3.51. The second kappa shape index (κ2) is 9.96. The van der Waals surface area contributed by atoms with Crippen LogP contribution in [0.1, 0.15) is 45.9 Å². The molecule has 4 aromatic rings. The van der Waals surface area contributed by atoms with Gasteiger partial charge in [0.1, 0.15) is 5.76 Å². The Bertz CT molecular complexity index is 1260. The predicted octanol–water partition coefficient (Wildman–Crippen LogP) is 5.76. The van der Waals surface area contributed by atoms with Crippen molar-refractivity contribution in [3.8, 4) is 11.5 Å². The van der Waals surface area contributed by atoms with Gasteiger partial charge in [0.05, 0.1) is 28.3 Å². The van der Waals surface area contributed by atoms with Crippen LogP contribution in [0.15, 0.2) is 88.2 Å². The van der Waals surface area contributed by atoms with Crippen molar-refractivity contribution in [2.24, 2.45) is 0 Å². The maximum Gasteiger partial charge on any atom is 0.251 e. The fraction of sp³-hybridized carbons (Fsp3) is 0.185. The molecule has 0 radical (unpaired) electrons. The lowest BCUT2D eigenvalue weighted by Crippen LogP contribution is -2.26. The highest BCUT2D eigenvalue weighted by Crippen LogP contribution is 2.24. The van der Waals surface area contributed by atoms with Gasteiger partial charge < -0.3 is 9.73 Å². The summed E-state index contributed by atoms with van der Waals surface area (Å²) >= 11 is 0. The zero-order valence-corrected chi connectivity index (χ0v) is 19.7. The number of oxazole rings is 1. The number of rotatable bonds is 7. The van der Waals surface area contributed by atoms with Crippen molar-refractivity contribution in [1.82, 2.24) is 10.3 Å². The maximum absolute atomic E-state index is 12.7. The summed E-state index contributed by atoms with van der Waals surface area (Å²) in [5, 5.41) is 3.01. The average Bonchev–Trinajstić information content (AvgIpc) is 3.20. The molecule has 4 rings (SSSR count). The van der Waals surface area contributed by atoms with E-state index in [2.05, 4.69) is 10.3 Å². The number of aromatic nitrogens is 1. The summed E-state index contributed by atoms with van der Waals surface area (Å²) in [5.41, 5.74) is 4.17. The lowest BCUT2D eigenvalue weighted by molar-refractivity contribution is 0.0940. The molecule has 0 spiro atoms. The molecule has 0 bridgehead atoms. The predicted molar refractivity (Wildman–Crippen MR) is 130 cm³/mol. The SMILES string of the molecule is Cc1ccc([S@](=O)Cc2nc(-c3ccc(C(=O)N[C@H](C)c4ccccc4)cc3)oc2C)cc1. The molecule has 168 valence electrons. The highest BCUT2D eigenvalue weighted by atomic mass is 32.2. The van der Waals surface area contributed by atoms with Crippen molar-refractivity contribution in [2.75, 3.05) is 0 Å². The van der Waals surface area contributed by atoms with Crippen LogP contribution < -0.4 is 5.32 Å². The van der Waals surface area contributed by atoms with Gasteiger partial charge in [-0.1, -0.05) is 48.0 Å². The molecular weight excluding hydrogens is 432 g/mol. The summed E-state index contributed by atoms with van der Waals surface area (Å²) in [6.45, 7) is 5.78. The number of carbonyl (C=O) groups is 1. The van der Waals surface area contributed by atoms with Gasteiger partial charge in [0.25, 0.3) is 5.91 Å². The number of carbonyl (C=O) groups excluding carboxylic acids is 1. The van der Waals surface area contributed by atoms with Crippen LogP contribution in [-0.2, 0) is 16.6 Å². The molecule has 6 heteroatoms. The lowest BCUT2D eigenvalue weighted by Gasteiger charge is -2.14. The van der Waals surface area contributed by atoms with Gasteiger partial charge in [-0.25, -0.2) is 4.98 Å². The molecule has 0 saturated carbocycles. The second-order valence-electron chi connectivity index (χ2n) is 8.01. The van der Waals surface area contributed by atoms with E-state index in [1.165, 1.54) is 0 Å². The quantitative estimate of drug-likeness (QED) is 0.382. The minimum atomic E-state index is -1.20. The number of hydrogen-bond acceptors (Lipinski definition) is 4. The van der Waals surface area contributed by atoms with Gasteiger partial charge in [-0.2, -0.15) is 0 Å². The summed E-state index contributed by atoms with van der Waals surface area (Å²) in [6.07, 6.45) is 0. The van der Waals surface area contributed by atoms with Crippen LogP contribution in [0.5, 0.6) is 0 Å². The molecular formula is C27H26N2O3S. The normalized spacial score (nSPS) is 12.8. The van der Waals surface area contributed by atoms with Crippen LogP contribution in [0.3, 0.4) is 0 Å². The minimum absolute atomic E-state index is 0.0928. The molecule has 0 aliphatic carbocycles. The van der Waals surface area contributed by atoms with E-state index in [4.69, 9.17) is 4.42 Å². The number of aryl methyl sites for hydroxylation is 2. The van der Waals surface area contributed by atoms with Crippen LogP contribution in [0.2, 0.25) is 0 Å². The van der Waals surface area contributed by atoms with Crippen molar-refractivity contribution in [1.29, 1.82) is 0 Å². The zero-order valence-electron chi connectivity index (χ0n) is 18.9. The van der Waals surface area contributed by atoms with Gasteiger partial charge in [-0.3, -0.25) is 9.00 Å². The van der Waals surface area contributed by atoms with E-state index in [9.17, 15) is 9.00 Å². The fourth-order valence-electron chi connectivity index (χ4n) is 3.45. The van der Waals surface area contributed by atoms with Crippen molar-refractivity contribution in [2.45, 2.75) is 37.5 Å². The van der Waals surface area contributed by atoms with Gasteiger partial charge in [0.15, 0.2) is 0 Å². The zero-order chi connectivity index (χ0) is 23.4. The van der Waals surface area contributed by atoms with Gasteiger partial charge in [-0.05, 0) is 62.7 Å². The van der Waals surface area contributed by atoms with E-state index in [-0.39, 0.29) is 17.7 Å². The molecule has 1 aromatic heterocycles. The minimum Gasteiger partial charge on any atom is -0.441 e. The molecule has 5 nitrogen and oxygen atoms in total. The number of amides is 1. The Morgan fingerprint density at radius 2 is 1.64 bits per heavy atom. The molecule has 33 heavy (non-hydrogen) atoms. The van der Waals surface area contributed by atoms with Crippen molar-refractivity contribution in [3.63, 3.8) is 0 Å². The topological polar surface area (TPSA) is 72.2 Å². The highest BCUT2D eigenvalue weighted by Gasteiger charge is 2.16.